The van der Waals surface area contributed by atoms with Crippen molar-refractivity contribution in [3.8, 4) is 17.6 Å². The van der Waals surface area contributed by atoms with Crippen molar-refractivity contribution < 1.29 is 23.8 Å². The molecule has 0 atom stereocenters. The molecule has 94 valence electrons. The van der Waals surface area contributed by atoms with Crippen LogP contribution >= 0.6 is 0 Å². The molecule has 0 aliphatic rings. The highest BCUT2D eigenvalue weighted by Crippen LogP contribution is 2.19. The normalized spacial score (nSPS) is 8.83. The molecule has 0 aliphatic carbocycles. The topological polar surface area (TPSA) is 61.8 Å². The minimum atomic E-state index is -0.666. The number of ether oxygens (including phenoxy) is 3. The van der Waals surface area contributed by atoms with Gasteiger partial charge in [-0.2, -0.15) is 0 Å². The molecule has 0 N–H and O–H groups in total. The first kappa shape index (κ1) is 13.6. The summed E-state index contributed by atoms with van der Waals surface area (Å²) in [5.41, 5.74) is 0.735. The van der Waals surface area contributed by atoms with E-state index in [0.29, 0.717) is 16.9 Å². The van der Waals surface area contributed by atoms with Crippen LogP contribution in [0.1, 0.15) is 15.9 Å². The molecule has 0 aromatic heterocycles. The Hall–Kier alpha value is -2.48. The highest BCUT2D eigenvalue weighted by molar-refractivity contribution is 5.91. The van der Waals surface area contributed by atoms with Crippen molar-refractivity contribution in [2.75, 3.05) is 21.3 Å². The number of hydrogen-bond donors (Lipinski definition) is 0. The van der Waals surface area contributed by atoms with E-state index < -0.39 is 11.9 Å². The Labute approximate surface area is 105 Å². The van der Waals surface area contributed by atoms with E-state index in [4.69, 9.17) is 4.74 Å². The van der Waals surface area contributed by atoms with Gasteiger partial charge < -0.3 is 14.2 Å². The van der Waals surface area contributed by atoms with Crippen LogP contribution in [0.4, 0.5) is 0 Å². The van der Waals surface area contributed by atoms with Crippen molar-refractivity contribution in [1.29, 1.82) is 0 Å². The zero-order valence-electron chi connectivity index (χ0n) is 10.3. The molecular formula is C13H12O5. The first-order valence-electron chi connectivity index (χ1n) is 4.98. The van der Waals surface area contributed by atoms with Gasteiger partial charge in [0.05, 0.1) is 32.5 Å². The molecule has 1 aromatic carbocycles. The van der Waals surface area contributed by atoms with E-state index in [1.807, 2.05) is 0 Å². The van der Waals surface area contributed by atoms with Gasteiger partial charge in [-0.25, -0.2) is 9.59 Å². The largest absolute Gasteiger partial charge is 0.495 e. The van der Waals surface area contributed by atoms with E-state index in [0.717, 1.165) is 0 Å². The van der Waals surface area contributed by atoms with Crippen LogP contribution in [0.2, 0.25) is 0 Å². The first-order chi connectivity index (χ1) is 8.62. The second-order valence-corrected chi connectivity index (χ2v) is 3.15. The summed E-state index contributed by atoms with van der Waals surface area (Å²) in [5, 5.41) is 0. The number of hydrogen-bond acceptors (Lipinski definition) is 5. The molecule has 0 amide bonds. The van der Waals surface area contributed by atoms with E-state index >= 15 is 0 Å². The first-order valence-corrected chi connectivity index (χ1v) is 4.98. The molecule has 1 aromatic rings. The van der Waals surface area contributed by atoms with Gasteiger partial charge in [0.15, 0.2) is 0 Å². The fraction of sp³-hybridized carbons (Fsp3) is 0.231. The third-order valence-electron chi connectivity index (χ3n) is 2.11. The summed E-state index contributed by atoms with van der Waals surface area (Å²) in [4.78, 5) is 22.3. The van der Waals surface area contributed by atoms with Crippen molar-refractivity contribution in [3.05, 3.63) is 29.3 Å². The van der Waals surface area contributed by atoms with Gasteiger partial charge in [-0.05, 0) is 18.2 Å². The molecule has 0 bridgehead atoms. The lowest BCUT2D eigenvalue weighted by atomic mass is 10.1. The number of methoxy groups -OCH3 is 3. The van der Waals surface area contributed by atoms with Gasteiger partial charge >= 0.3 is 11.9 Å². The van der Waals surface area contributed by atoms with Crippen LogP contribution in [0.5, 0.6) is 5.75 Å². The van der Waals surface area contributed by atoms with E-state index in [1.165, 1.54) is 27.4 Å². The smallest absolute Gasteiger partial charge is 0.384 e. The van der Waals surface area contributed by atoms with Crippen LogP contribution in [-0.4, -0.2) is 33.3 Å². The molecule has 0 heterocycles. The van der Waals surface area contributed by atoms with Gasteiger partial charge in [-0.3, -0.25) is 0 Å². The lowest BCUT2D eigenvalue weighted by Crippen LogP contribution is -2.02. The lowest BCUT2D eigenvalue weighted by Gasteiger charge is -2.05. The van der Waals surface area contributed by atoms with Gasteiger partial charge in [-0.1, -0.05) is 5.92 Å². The molecule has 5 heteroatoms. The van der Waals surface area contributed by atoms with E-state index in [1.54, 1.807) is 12.1 Å². The van der Waals surface area contributed by atoms with Crippen molar-refractivity contribution >= 4 is 11.9 Å². The maximum absolute atomic E-state index is 11.4. The highest BCUT2D eigenvalue weighted by Gasteiger charge is 2.09. The lowest BCUT2D eigenvalue weighted by molar-refractivity contribution is -0.133. The Morgan fingerprint density at radius 1 is 1.11 bits per heavy atom. The fourth-order valence-corrected chi connectivity index (χ4v) is 1.22. The fourth-order valence-electron chi connectivity index (χ4n) is 1.22. The minimum absolute atomic E-state index is 0.326. The molecule has 5 nitrogen and oxygen atoms in total. The quantitative estimate of drug-likeness (QED) is 0.577. The number of benzene rings is 1. The van der Waals surface area contributed by atoms with Crippen LogP contribution in [-0.2, 0) is 14.3 Å². The second-order valence-electron chi connectivity index (χ2n) is 3.15. The summed E-state index contributed by atoms with van der Waals surface area (Å²) in [6.07, 6.45) is 0. The van der Waals surface area contributed by atoms with Crippen molar-refractivity contribution in [2.45, 2.75) is 0 Å². The Morgan fingerprint density at radius 2 is 1.83 bits per heavy atom. The molecule has 0 unspecified atom stereocenters. The maximum Gasteiger partial charge on any atom is 0.384 e. The molecule has 0 fully saturated rings. The highest BCUT2D eigenvalue weighted by atomic mass is 16.5. The van der Waals surface area contributed by atoms with Crippen molar-refractivity contribution in [3.63, 3.8) is 0 Å². The van der Waals surface area contributed by atoms with Gasteiger partial charge in [0.1, 0.15) is 5.75 Å². The SMILES string of the molecule is COC(=O)C#Cc1cc(C(=O)OC)ccc1OC. The zero-order valence-corrected chi connectivity index (χ0v) is 10.3. The van der Waals surface area contributed by atoms with Crippen LogP contribution in [0, 0.1) is 11.8 Å². The monoisotopic (exact) mass is 248 g/mol. The van der Waals surface area contributed by atoms with Crippen LogP contribution in [0.3, 0.4) is 0 Å². The van der Waals surface area contributed by atoms with E-state index in [2.05, 4.69) is 21.3 Å². The van der Waals surface area contributed by atoms with Crippen molar-refractivity contribution in [2.24, 2.45) is 0 Å². The van der Waals surface area contributed by atoms with E-state index in [9.17, 15) is 9.59 Å². The van der Waals surface area contributed by atoms with Crippen LogP contribution in [0.15, 0.2) is 18.2 Å². The number of esters is 2. The van der Waals surface area contributed by atoms with Gasteiger partial charge in [-0.15, -0.1) is 0 Å². The van der Waals surface area contributed by atoms with Crippen molar-refractivity contribution in [1.82, 2.24) is 0 Å². The number of rotatable bonds is 2. The summed E-state index contributed by atoms with van der Waals surface area (Å²) in [5.74, 6) is 4.15. The van der Waals surface area contributed by atoms with Gasteiger partial charge in [0, 0.05) is 5.92 Å². The number of carbonyl (C=O) groups excluding carboxylic acids is 2. The summed E-state index contributed by atoms with van der Waals surface area (Å²) in [7, 11) is 3.99. The molecule has 18 heavy (non-hydrogen) atoms. The van der Waals surface area contributed by atoms with Crippen LogP contribution in [0.25, 0.3) is 0 Å². The summed E-state index contributed by atoms with van der Waals surface area (Å²) < 4.78 is 14.1. The predicted molar refractivity (Wildman–Crippen MR) is 63.2 cm³/mol. The average molecular weight is 248 g/mol. The molecule has 0 aliphatic heterocycles. The standard InChI is InChI=1S/C13H12O5/c1-16-11-6-4-10(13(15)18-3)8-9(11)5-7-12(14)17-2/h4,6,8H,1-3H3. The summed E-state index contributed by atoms with van der Waals surface area (Å²) in [6, 6.07) is 4.61. The molecule has 0 saturated carbocycles. The summed E-state index contributed by atoms with van der Waals surface area (Å²) in [6.45, 7) is 0. The maximum atomic E-state index is 11.4. The average Bonchev–Trinajstić information content (AvgIpc) is 2.43. The van der Waals surface area contributed by atoms with Crippen LogP contribution < -0.4 is 4.74 Å². The van der Waals surface area contributed by atoms with E-state index in [-0.39, 0.29) is 0 Å². The molecule has 0 saturated heterocycles. The third kappa shape index (κ3) is 3.25. The Balaban J connectivity index is 3.17. The molecule has 1 rings (SSSR count). The van der Waals surface area contributed by atoms with Gasteiger partial charge in [0.25, 0.3) is 0 Å². The summed E-state index contributed by atoms with van der Waals surface area (Å²) >= 11 is 0. The Morgan fingerprint density at radius 3 is 2.39 bits per heavy atom. The third-order valence-corrected chi connectivity index (χ3v) is 2.11. The second kappa shape index (κ2) is 6.30. The Kier molecular flexibility index (Phi) is 4.76. The van der Waals surface area contributed by atoms with Gasteiger partial charge in [0.2, 0.25) is 0 Å². The number of carbonyl (C=O) groups is 2. The molecular weight excluding hydrogens is 236 g/mol. The molecule has 0 radical (unpaired) electrons. The Bertz CT molecular complexity index is 522. The minimum Gasteiger partial charge on any atom is -0.495 e. The molecule has 0 spiro atoms. The predicted octanol–water partition coefficient (Wildman–Crippen LogP) is 1.01. The zero-order chi connectivity index (χ0) is 13.5.